The molecule has 0 spiro atoms. The van der Waals surface area contributed by atoms with Gasteiger partial charge in [0.2, 0.25) is 18.1 Å². The minimum atomic E-state index is -0.507. The third-order valence-corrected chi connectivity index (χ3v) is 5.04. The van der Waals surface area contributed by atoms with Crippen molar-refractivity contribution in [3.05, 3.63) is 53.7 Å². The number of likely N-dealkylation sites (tertiary alicyclic amines) is 1. The number of hydrogen-bond acceptors (Lipinski definition) is 3. The van der Waals surface area contributed by atoms with Crippen molar-refractivity contribution in [2.75, 3.05) is 19.6 Å². The molecule has 0 radical (unpaired) electrons. The highest BCUT2D eigenvalue weighted by atomic mass is 16.2. The molecule has 1 amide bonds. The van der Waals surface area contributed by atoms with E-state index in [0.717, 1.165) is 16.5 Å². The first kappa shape index (κ1) is 16.8. The maximum Gasteiger partial charge on any atom is 0.243 e. The van der Waals surface area contributed by atoms with Crippen LogP contribution in [0.5, 0.6) is 0 Å². The maximum atomic E-state index is 11.9. The Balaban J connectivity index is 1.74. The first-order chi connectivity index (χ1) is 13.1. The largest absolute Gasteiger partial charge is 0.346 e. The number of pyridine rings is 1. The smallest absolute Gasteiger partial charge is 0.243 e. The number of rotatable bonds is 4. The fourth-order valence-electron chi connectivity index (χ4n) is 3.63. The van der Waals surface area contributed by atoms with E-state index in [0.29, 0.717) is 30.8 Å². The highest BCUT2D eigenvalue weighted by Gasteiger charge is 2.50. The molecule has 4 rings (SSSR count). The summed E-state index contributed by atoms with van der Waals surface area (Å²) >= 11 is 0. The molecule has 0 saturated carbocycles. The van der Waals surface area contributed by atoms with Gasteiger partial charge in [-0.3, -0.25) is 14.5 Å². The van der Waals surface area contributed by atoms with Crippen molar-refractivity contribution in [2.24, 2.45) is 0 Å². The van der Waals surface area contributed by atoms with Crippen molar-refractivity contribution in [1.29, 1.82) is 0 Å². The van der Waals surface area contributed by atoms with Crippen LogP contribution in [0.2, 0.25) is 0 Å². The predicted octanol–water partition coefficient (Wildman–Crippen LogP) is 2.84. The van der Waals surface area contributed by atoms with E-state index in [1.807, 2.05) is 19.2 Å². The van der Waals surface area contributed by atoms with Crippen molar-refractivity contribution in [3.63, 3.8) is 0 Å². The number of carbonyl (C=O) groups is 1. The predicted molar refractivity (Wildman–Crippen MR) is 99.9 cm³/mol. The molecule has 0 unspecified atom stereocenters. The van der Waals surface area contributed by atoms with Crippen LogP contribution in [0.3, 0.4) is 0 Å². The Morgan fingerprint density at radius 2 is 2.19 bits per heavy atom. The Bertz CT molecular complexity index is 1110. The van der Waals surface area contributed by atoms with E-state index >= 15 is 0 Å². The number of nitrogens with one attached hydrogen (secondary N) is 1. The summed E-state index contributed by atoms with van der Waals surface area (Å²) in [5.74, 6) is 0.0847. The molecule has 1 saturated heterocycles. The molecule has 0 aromatic carbocycles. The standard InChI is InChI=1S/C19H17N7O/c1-4-16(27)25-11-19(12-25,10-20-2)26-9-13(7-24-26)17-14-5-6-22-18(14)23-8-15(17)21-3/h5-9H,4,10-12H2,1H3,(H,22,23). The Morgan fingerprint density at radius 3 is 2.89 bits per heavy atom. The van der Waals surface area contributed by atoms with Crippen molar-refractivity contribution in [1.82, 2.24) is 24.6 Å². The Kier molecular flexibility index (Phi) is 3.89. The number of amides is 1. The van der Waals surface area contributed by atoms with Gasteiger partial charge in [-0.25, -0.2) is 11.4 Å². The van der Waals surface area contributed by atoms with E-state index in [9.17, 15) is 4.79 Å². The minimum Gasteiger partial charge on any atom is -0.346 e. The summed E-state index contributed by atoms with van der Waals surface area (Å²) in [6, 6.07) is 1.89. The van der Waals surface area contributed by atoms with Crippen LogP contribution in [0.15, 0.2) is 30.9 Å². The summed E-state index contributed by atoms with van der Waals surface area (Å²) < 4.78 is 1.78. The molecule has 1 N–H and O–H groups in total. The molecule has 3 aromatic rings. The summed E-state index contributed by atoms with van der Waals surface area (Å²) in [6.45, 7) is 17.8. The SMILES string of the molecule is [C-]#[N+]CC1(n2cc(-c3c([N+]#[C-])cnc4[nH]ccc34)cn2)CN(C(=O)CC)C1. The topological polar surface area (TPSA) is 75.5 Å². The third kappa shape index (κ3) is 2.54. The lowest BCUT2D eigenvalue weighted by molar-refractivity contribution is -0.141. The number of nitrogens with zero attached hydrogens (tertiary/aromatic N) is 6. The molecular weight excluding hydrogens is 342 g/mol. The number of carbonyl (C=O) groups excluding carboxylic acids is 1. The van der Waals surface area contributed by atoms with Gasteiger partial charge in [0.05, 0.1) is 25.9 Å². The molecule has 1 aliphatic rings. The molecule has 0 aliphatic carbocycles. The second kappa shape index (κ2) is 6.26. The number of aromatic nitrogens is 4. The average Bonchev–Trinajstić information content (AvgIpc) is 3.32. The average molecular weight is 359 g/mol. The zero-order valence-corrected chi connectivity index (χ0v) is 14.8. The van der Waals surface area contributed by atoms with E-state index in [4.69, 9.17) is 13.1 Å². The lowest BCUT2D eigenvalue weighted by atomic mass is 9.89. The van der Waals surface area contributed by atoms with Crippen LogP contribution in [-0.4, -0.2) is 50.2 Å². The van der Waals surface area contributed by atoms with E-state index in [-0.39, 0.29) is 12.5 Å². The second-order valence-electron chi connectivity index (χ2n) is 6.69. The molecular formula is C19H17N7O. The Hall–Kier alpha value is -3.65. The summed E-state index contributed by atoms with van der Waals surface area (Å²) in [4.78, 5) is 28.2. The quantitative estimate of drug-likeness (QED) is 0.728. The van der Waals surface area contributed by atoms with Crippen LogP contribution < -0.4 is 0 Å². The van der Waals surface area contributed by atoms with Crippen molar-refractivity contribution < 1.29 is 4.79 Å². The monoisotopic (exact) mass is 359 g/mol. The molecule has 0 atom stereocenters. The van der Waals surface area contributed by atoms with E-state index in [1.165, 1.54) is 0 Å². The molecule has 0 bridgehead atoms. The molecule has 27 heavy (non-hydrogen) atoms. The van der Waals surface area contributed by atoms with Gasteiger partial charge in [-0.2, -0.15) is 5.10 Å². The van der Waals surface area contributed by atoms with Crippen LogP contribution in [-0.2, 0) is 10.3 Å². The first-order valence-electron chi connectivity index (χ1n) is 8.62. The minimum absolute atomic E-state index is 0.0847. The maximum absolute atomic E-state index is 11.9. The number of fused-ring (bicyclic) bond motifs is 1. The van der Waals surface area contributed by atoms with Crippen molar-refractivity contribution in [2.45, 2.75) is 18.9 Å². The zero-order valence-electron chi connectivity index (χ0n) is 14.8. The molecule has 1 aliphatic heterocycles. The second-order valence-corrected chi connectivity index (χ2v) is 6.69. The van der Waals surface area contributed by atoms with Crippen LogP contribution >= 0.6 is 0 Å². The number of hydrogen-bond donors (Lipinski definition) is 1. The summed E-state index contributed by atoms with van der Waals surface area (Å²) in [5, 5.41) is 5.35. The molecule has 8 heteroatoms. The fraction of sp³-hybridized carbons (Fsp3) is 0.316. The lowest BCUT2D eigenvalue weighted by Crippen LogP contribution is -2.65. The van der Waals surface area contributed by atoms with Gasteiger partial charge in [0, 0.05) is 41.5 Å². The van der Waals surface area contributed by atoms with Gasteiger partial charge < -0.3 is 14.7 Å². The normalized spacial score (nSPS) is 15.1. The number of aromatic amines is 1. The van der Waals surface area contributed by atoms with Crippen LogP contribution in [0.25, 0.3) is 31.9 Å². The summed E-state index contributed by atoms with van der Waals surface area (Å²) in [6.07, 6.45) is 7.38. The fourth-order valence-corrected chi connectivity index (χ4v) is 3.63. The van der Waals surface area contributed by atoms with Crippen LogP contribution in [0.4, 0.5) is 5.69 Å². The van der Waals surface area contributed by atoms with E-state index < -0.39 is 5.54 Å². The highest BCUT2D eigenvalue weighted by Crippen LogP contribution is 2.37. The van der Waals surface area contributed by atoms with Gasteiger partial charge >= 0.3 is 0 Å². The lowest BCUT2D eigenvalue weighted by Gasteiger charge is -2.46. The third-order valence-electron chi connectivity index (χ3n) is 5.04. The van der Waals surface area contributed by atoms with E-state index in [1.54, 1.807) is 28.2 Å². The summed E-state index contributed by atoms with van der Waals surface area (Å²) in [5.41, 5.74) is 2.24. The van der Waals surface area contributed by atoms with Crippen LogP contribution in [0, 0.1) is 13.1 Å². The Morgan fingerprint density at radius 1 is 1.37 bits per heavy atom. The first-order valence-corrected chi connectivity index (χ1v) is 8.62. The number of H-pyrrole nitrogens is 1. The van der Waals surface area contributed by atoms with Gasteiger partial charge in [-0.05, 0) is 6.07 Å². The van der Waals surface area contributed by atoms with Crippen molar-refractivity contribution in [3.8, 4) is 11.1 Å². The summed E-state index contributed by atoms with van der Waals surface area (Å²) in [7, 11) is 0. The molecule has 3 aromatic heterocycles. The van der Waals surface area contributed by atoms with Crippen LogP contribution in [0.1, 0.15) is 13.3 Å². The van der Waals surface area contributed by atoms with Gasteiger partial charge in [-0.15, -0.1) is 0 Å². The van der Waals surface area contributed by atoms with Gasteiger partial charge in [0.15, 0.2) is 5.54 Å². The van der Waals surface area contributed by atoms with E-state index in [2.05, 4.69) is 24.8 Å². The molecule has 1 fully saturated rings. The Labute approximate surface area is 156 Å². The van der Waals surface area contributed by atoms with Gasteiger partial charge in [0.25, 0.3) is 0 Å². The molecule has 4 heterocycles. The van der Waals surface area contributed by atoms with Gasteiger partial charge in [0.1, 0.15) is 5.65 Å². The highest BCUT2D eigenvalue weighted by molar-refractivity contribution is 5.99. The molecule has 8 nitrogen and oxygen atoms in total. The zero-order chi connectivity index (χ0) is 19.0. The van der Waals surface area contributed by atoms with Crippen molar-refractivity contribution >= 4 is 22.6 Å². The molecule has 134 valence electrons. The van der Waals surface area contributed by atoms with Gasteiger partial charge in [-0.1, -0.05) is 6.92 Å².